The number of amides is 1. The predicted octanol–water partition coefficient (Wildman–Crippen LogP) is 3.78. The molecule has 0 bridgehead atoms. The molecule has 2 aromatic heterocycles. The van der Waals surface area contributed by atoms with E-state index in [9.17, 15) is 4.79 Å². The van der Waals surface area contributed by atoms with Gasteiger partial charge in [-0.3, -0.25) is 9.69 Å². The number of thiazole rings is 1. The average molecular weight is 424 g/mol. The van der Waals surface area contributed by atoms with Crippen LogP contribution in [0.3, 0.4) is 0 Å². The maximum Gasteiger partial charge on any atom is 0.223 e. The Labute approximate surface area is 181 Å². The SMILES string of the molecule is Cc1nc(CN2CCC(C(=O)NCc3c(C)nn(-c4ccccc4)c3C)CC2)cs1. The summed E-state index contributed by atoms with van der Waals surface area (Å²) in [7, 11) is 0. The number of carbonyl (C=O) groups is 1. The minimum Gasteiger partial charge on any atom is -0.352 e. The van der Waals surface area contributed by atoms with Gasteiger partial charge in [-0.15, -0.1) is 11.3 Å². The van der Waals surface area contributed by atoms with Crippen LogP contribution >= 0.6 is 11.3 Å². The topological polar surface area (TPSA) is 63.1 Å². The van der Waals surface area contributed by atoms with Crippen molar-refractivity contribution in [2.45, 2.75) is 46.7 Å². The summed E-state index contributed by atoms with van der Waals surface area (Å²) in [5, 5.41) is 11.1. The summed E-state index contributed by atoms with van der Waals surface area (Å²) in [4.78, 5) is 19.7. The molecule has 4 rings (SSSR count). The normalized spacial score (nSPS) is 15.4. The van der Waals surface area contributed by atoms with Gasteiger partial charge < -0.3 is 5.32 Å². The Balaban J connectivity index is 1.31. The molecule has 1 amide bonds. The Kier molecular flexibility index (Phi) is 6.29. The van der Waals surface area contributed by atoms with Gasteiger partial charge in [-0.1, -0.05) is 18.2 Å². The number of hydrogen-bond donors (Lipinski definition) is 1. The average Bonchev–Trinajstić information content (AvgIpc) is 3.29. The first kappa shape index (κ1) is 20.8. The van der Waals surface area contributed by atoms with Crippen LogP contribution in [-0.4, -0.2) is 38.7 Å². The lowest BCUT2D eigenvalue weighted by atomic mass is 9.95. The van der Waals surface area contributed by atoms with Crippen LogP contribution in [0.1, 0.15) is 40.5 Å². The Morgan fingerprint density at radius 2 is 1.90 bits per heavy atom. The molecular formula is C23H29N5OS. The lowest BCUT2D eigenvalue weighted by molar-refractivity contribution is -0.126. The Morgan fingerprint density at radius 3 is 2.57 bits per heavy atom. The number of hydrogen-bond acceptors (Lipinski definition) is 5. The summed E-state index contributed by atoms with van der Waals surface area (Å²) in [6, 6.07) is 10.1. The van der Waals surface area contributed by atoms with Gasteiger partial charge in [0.1, 0.15) is 0 Å². The largest absolute Gasteiger partial charge is 0.352 e. The third kappa shape index (κ3) is 4.63. The first-order valence-corrected chi connectivity index (χ1v) is 11.4. The molecule has 3 aromatic rings. The fourth-order valence-electron chi connectivity index (χ4n) is 4.13. The highest BCUT2D eigenvalue weighted by Gasteiger charge is 2.25. The fraction of sp³-hybridized carbons (Fsp3) is 0.435. The molecule has 0 saturated carbocycles. The van der Waals surface area contributed by atoms with Crippen molar-refractivity contribution in [1.29, 1.82) is 0 Å². The van der Waals surface area contributed by atoms with Crippen molar-refractivity contribution < 1.29 is 4.79 Å². The number of carbonyl (C=O) groups excluding carboxylic acids is 1. The van der Waals surface area contributed by atoms with E-state index in [1.165, 1.54) is 0 Å². The smallest absolute Gasteiger partial charge is 0.223 e. The lowest BCUT2D eigenvalue weighted by Gasteiger charge is -2.30. The third-order valence-electron chi connectivity index (χ3n) is 5.89. The van der Waals surface area contributed by atoms with Crippen molar-refractivity contribution in [3.05, 3.63) is 63.4 Å². The number of nitrogens with one attached hydrogen (secondary N) is 1. The number of benzene rings is 1. The van der Waals surface area contributed by atoms with Crippen LogP contribution in [0.4, 0.5) is 0 Å². The van der Waals surface area contributed by atoms with Crippen molar-refractivity contribution in [3.63, 3.8) is 0 Å². The summed E-state index contributed by atoms with van der Waals surface area (Å²) < 4.78 is 1.95. The molecule has 0 aliphatic carbocycles. The highest BCUT2D eigenvalue weighted by Crippen LogP contribution is 2.21. The highest BCUT2D eigenvalue weighted by atomic mass is 32.1. The molecule has 6 nitrogen and oxygen atoms in total. The molecule has 30 heavy (non-hydrogen) atoms. The van der Waals surface area contributed by atoms with E-state index in [0.29, 0.717) is 6.54 Å². The van der Waals surface area contributed by atoms with Crippen molar-refractivity contribution >= 4 is 17.2 Å². The molecule has 158 valence electrons. The van der Waals surface area contributed by atoms with Gasteiger partial charge in [0.2, 0.25) is 5.91 Å². The number of likely N-dealkylation sites (tertiary alicyclic amines) is 1. The van der Waals surface area contributed by atoms with E-state index in [1.54, 1.807) is 11.3 Å². The standard InChI is InChI=1S/C23H29N5OS/c1-16-22(17(2)28(26-16)21-7-5-4-6-8-21)13-24-23(29)19-9-11-27(12-10-19)14-20-15-30-18(3)25-20/h4-8,15,19H,9-14H2,1-3H3,(H,24,29). The van der Waals surface area contributed by atoms with Gasteiger partial charge in [0.15, 0.2) is 0 Å². The molecule has 0 spiro atoms. The lowest BCUT2D eigenvalue weighted by Crippen LogP contribution is -2.40. The summed E-state index contributed by atoms with van der Waals surface area (Å²) >= 11 is 1.70. The van der Waals surface area contributed by atoms with Crippen LogP contribution in [-0.2, 0) is 17.9 Å². The van der Waals surface area contributed by atoms with Crippen molar-refractivity contribution in [2.75, 3.05) is 13.1 Å². The molecule has 1 saturated heterocycles. The second-order valence-corrected chi connectivity index (χ2v) is 9.09. The van der Waals surface area contributed by atoms with Crippen LogP contribution in [0.25, 0.3) is 5.69 Å². The van der Waals surface area contributed by atoms with E-state index in [4.69, 9.17) is 0 Å². The van der Waals surface area contributed by atoms with E-state index in [2.05, 4.69) is 32.6 Å². The second-order valence-electron chi connectivity index (χ2n) is 8.02. The van der Waals surface area contributed by atoms with E-state index in [-0.39, 0.29) is 11.8 Å². The molecule has 0 atom stereocenters. The van der Waals surface area contributed by atoms with Crippen LogP contribution in [0.5, 0.6) is 0 Å². The van der Waals surface area contributed by atoms with Gasteiger partial charge in [-0.25, -0.2) is 9.67 Å². The summed E-state index contributed by atoms with van der Waals surface area (Å²) in [5.74, 6) is 0.244. The molecule has 1 aliphatic heterocycles. The zero-order valence-corrected chi connectivity index (χ0v) is 18.7. The molecule has 1 aromatic carbocycles. The Morgan fingerprint density at radius 1 is 1.17 bits per heavy atom. The first-order valence-electron chi connectivity index (χ1n) is 10.5. The molecule has 1 fully saturated rings. The van der Waals surface area contributed by atoms with Gasteiger partial charge >= 0.3 is 0 Å². The van der Waals surface area contributed by atoms with Crippen LogP contribution in [0.15, 0.2) is 35.7 Å². The predicted molar refractivity (Wildman–Crippen MR) is 120 cm³/mol. The van der Waals surface area contributed by atoms with Gasteiger partial charge in [0, 0.05) is 35.6 Å². The second kappa shape index (κ2) is 9.10. The summed E-state index contributed by atoms with van der Waals surface area (Å²) in [6.07, 6.45) is 1.80. The number of rotatable bonds is 6. The highest BCUT2D eigenvalue weighted by molar-refractivity contribution is 7.09. The van der Waals surface area contributed by atoms with Gasteiger partial charge in [0.05, 0.1) is 22.1 Å². The van der Waals surface area contributed by atoms with Crippen molar-refractivity contribution in [2.24, 2.45) is 5.92 Å². The van der Waals surface area contributed by atoms with Gasteiger partial charge in [0.25, 0.3) is 0 Å². The minimum absolute atomic E-state index is 0.0863. The minimum atomic E-state index is 0.0863. The molecule has 1 N–H and O–H groups in total. The number of piperidine rings is 1. The Hall–Kier alpha value is -2.51. The van der Waals surface area contributed by atoms with E-state index in [1.807, 2.05) is 48.9 Å². The van der Waals surface area contributed by atoms with Gasteiger partial charge in [-0.2, -0.15) is 5.10 Å². The number of para-hydroxylation sites is 1. The number of nitrogens with zero attached hydrogens (tertiary/aromatic N) is 4. The number of aryl methyl sites for hydroxylation is 2. The van der Waals surface area contributed by atoms with Crippen LogP contribution < -0.4 is 5.32 Å². The zero-order chi connectivity index (χ0) is 21.1. The molecule has 0 radical (unpaired) electrons. The molecule has 3 heterocycles. The summed E-state index contributed by atoms with van der Waals surface area (Å²) in [5.41, 5.74) is 5.32. The Bertz CT molecular complexity index is 1000. The monoisotopic (exact) mass is 423 g/mol. The third-order valence-corrected chi connectivity index (χ3v) is 6.71. The van der Waals surface area contributed by atoms with Crippen LogP contribution in [0.2, 0.25) is 0 Å². The summed E-state index contributed by atoms with van der Waals surface area (Å²) in [6.45, 7) is 9.41. The number of aromatic nitrogens is 3. The molecule has 0 unspecified atom stereocenters. The first-order chi connectivity index (χ1) is 14.5. The van der Waals surface area contributed by atoms with Crippen molar-refractivity contribution in [3.8, 4) is 5.69 Å². The van der Waals surface area contributed by atoms with E-state index < -0.39 is 0 Å². The van der Waals surface area contributed by atoms with Crippen molar-refractivity contribution in [1.82, 2.24) is 25.0 Å². The zero-order valence-electron chi connectivity index (χ0n) is 17.9. The molecular weight excluding hydrogens is 394 g/mol. The molecule has 7 heteroatoms. The fourth-order valence-corrected chi connectivity index (χ4v) is 4.74. The maximum atomic E-state index is 12.8. The quantitative estimate of drug-likeness (QED) is 0.655. The molecule has 1 aliphatic rings. The van der Waals surface area contributed by atoms with E-state index in [0.717, 1.165) is 65.8 Å². The van der Waals surface area contributed by atoms with E-state index >= 15 is 0 Å². The maximum absolute atomic E-state index is 12.8. The van der Waals surface area contributed by atoms with Crippen LogP contribution in [0, 0.1) is 26.7 Å². The van der Waals surface area contributed by atoms with Gasteiger partial charge in [-0.05, 0) is 58.8 Å².